The van der Waals surface area contributed by atoms with Gasteiger partial charge in [0.2, 0.25) is 0 Å². The highest BCUT2D eigenvalue weighted by Gasteiger charge is 2.22. The van der Waals surface area contributed by atoms with Gasteiger partial charge < -0.3 is 25.4 Å². The Morgan fingerprint density at radius 3 is 2.79 bits per heavy atom. The highest BCUT2D eigenvalue weighted by molar-refractivity contribution is 5.92. The molecule has 0 aliphatic carbocycles. The van der Waals surface area contributed by atoms with Crippen molar-refractivity contribution in [2.45, 2.75) is 13.3 Å². The first-order chi connectivity index (χ1) is 11.4. The molecule has 0 amide bonds. The van der Waals surface area contributed by atoms with E-state index in [1.807, 2.05) is 25.2 Å². The Morgan fingerprint density at radius 2 is 2.12 bits per heavy atom. The van der Waals surface area contributed by atoms with Gasteiger partial charge in [0.25, 0.3) is 5.56 Å². The molecule has 2 heterocycles. The second kappa shape index (κ2) is 5.92. The molecule has 4 N–H and O–H groups in total. The number of carboxylic acids is 1. The summed E-state index contributed by atoms with van der Waals surface area (Å²) in [5, 5.41) is 22.7. The van der Waals surface area contributed by atoms with E-state index in [-0.39, 0.29) is 0 Å². The smallest absolute Gasteiger partial charge is 0.345 e. The van der Waals surface area contributed by atoms with Crippen molar-refractivity contribution in [1.82, 2.24) is 4.98 Å². The highest BCUT2D eigenvalue weighted by Crippen LogP contribution is 2.35. The van der Waals surface area contributed by atoms with Crippen molar-refractivity contribution in [2.24, 2.45) is 0 Å². The lowest BCUT2D eigenvalue weighted by molar-refractivity contribution is 0.0691. The fourth-order valence-corrected chi connectivity index (χ4v) is 3.06. The van der Waals surface area contributed by atoms with E-state index in [4.69, 9.17) is 5.11 Å². The Bertz CT molecular complexity index is 873. The van der Waals surface area contributed by atoms with Crippen molar-refractivity contribution in [3.8, 4) is 17.0 Å². The Hall–Kier alpha value is -2.96. The number of aromatic amines is 1. The third-order valence-corrected chi connectivity index (χ3v) is 4.32. The van der Waals surface area contributed by atoms with Crippen LogP contribution >= 0.6 is 0 Å². The number of aromatic hydroxyl groups is 1. The van der Waals surface area contributed by atoms with Gasteiger partial charge in [-0.15, -0.1) is 0 Å². The van der Waals surface area contributed by atoms with Crippen LogP contribution in [0.5, 0.6) is 5.75 Å². The molecule has 0 fully saturated rings. The van der Waals surface area contributed by atoms with E-state index in [0.29, 0.717) is 17.7 Å². The number of carbonyl (C=O) groups is 1. The van der Waals surface area contributed by atoms with E-state index in [1.54, 1.807) is 6.92 Å². The molecule has 24 heavy (non-hydrogen) atoms. The van der Waals surface area contributed by atoms with Crippen LogP contribution in [0.15, 0.2) is 23.0 Å². The number of rotatable bonds is 3. The molecule has 0 saturated carbocycles. The van der Waals surface area contributed by atoms with Crippen molar-refractivity contribution in [1.29, 1.82) is 0 Å². The van der Waals surface area contributed by atoms with Gasteiger partial charge in [0.15, 0.2) is 5.56 Å². The maximum atomic E-state index is 12.1. The van der Waals surface area contributed by atoms with Gasteiger partial charge in [-0.3, -0.25) is 4.79 Å². The summed E-state index contributed by atoms with van der Waals surface area (Å²) in [4.78, 5) is 28.0. The van der Waals surface area contributed by atoms with Crippen LogP contribution in [-0.2, 0) is 6.42 Å². The maximum Gasteiger partial charge on any atom is 0.345 e. The topological polar surface area (TPSA) is 106 Å². The Balaban J connectivity index is 2.20. The minimum absolute atomic E-state index is 0.392. The second-order valence-corrected chi connectivity index (χ2v) is 5.77. The first kappa shape index (κ1) is 15.9. The number of hydrogen-bond acceptors (Lipinski definition) is 5. The van der Waals surface area contributed by atoms with Gasteiger partial charge in [-0.25, -0.2) is 4.79 Å². The SMILES string of the molecule is CCc1c(-c2ccc3c(c2)NCCN3C)[nH]c(=O)c(C(=O)O)c1O. The molecular weight excluding hydrogens is 310 g/mol. The number of anilines is 2. The van der Waals surface area contributed by atoms with Gasteiger partial charge in [-0.1, -0.05) is 13.0 Å². The minimum atomic E-state index is -1.44. The molecule has 1 aliphatic heterocycles. The van der Waals surface area contributed by atoms with Crippen LogP contribution in [0.3, 0.4) is 0 Å². The molecule has 1 aromatic heterocycles. The molecule has 1 aliphatic rings. The average Bonchev–Trinajstić information content (AvgIpc) is 2.54. The summed E-state index contributed by atoms with van der Waals surface area (Å²) in [7, 11) is 2.01. The first-order valence-corrected chi connectivity index (χ1v) is 7.74. The van der Waals surface area contributed by atoms with E-state index in [2.05, 4.69) is 15.2 Å². The quantitative estimate of drug-likeness (QED) is 0.685. The molecule has 7 heteroatoms. The van der Waals surface area contributed by atoms with E-state index in [9.17, 15) is 14.7 Å². The van der Waals surface area contributed by atoms with Gasteiger partial charge in [0, 0.05) is 31.3 Å². The lowest BCUT2D eigenvalue weighted by atomic mass is 9.99. The normalized spacial score (nSPS) is 13.3. The van der Waals surface area contributed by atoms with Crippen LogP contribution < -0.4 is 15.8 Å². The lowest BCUT2D eigenvalue weighted by Gasteiger charge is -2.29. The zero-order valence-corrected chi connectivity index (χ0v) is 13.5. The molecule has 0 spiro atoms. The number of aromatic carboxylic acids is 1. The molecule has 0 bridgehead atoms. The average molecular weight is 329 g/mol. The van der Waals surface area contributed by atoms with E-state index in [1.165, 1.54) is 0 Å². The number of likely N-dealkylation sites (N-methyl/N-ethyl adjacent to an activating group) is 1. The Labute approximate surface area is 138 Å². The molecule has 3 rings (SSSR count). The number of aromatic nitrogens is 1. The van der Waals surface area contributed by atoms with E-state index in [0.717, 1.165) is 30.0 Å². The predicted molar refractivity (Wildman–Crippen MR) is 92.3 cm³/mol. The molecular formula is C17H19N3O4. The predicted octanol–water partition coefficient (Wildman–Crippen LogP) is 1.87. The highest BCUT2D eigenvalue weighted by atomic mass is 16.4. The van der Waals surface area contributed by atoms with Crippen molar-refractivity contribution in [3.63, 3.8) is 0 Å². The minimum Gasteiger partial charge on any atom is -0.506 e. The second-order valence-electron chi connectivity index (χ2n) is 5.77. The third-order valence-electron chi connectivity index (χ3n) is 4.32. The summed E-state index contributed by atoms with van der Waals surface area (Å²) in [5.74, 6) is -1.91. The van der Waals surface area contributed by atoms with Gasteiger partial charge in [0.1, 0.15) is 5.75 Å². The first-order valence-electron chi connectivity index (χ1n) is 7.74. The number of hydrogen-bond donors (Lipinski definition) is 4. The van der Waals surface area contributed by atoms with Crippen molar-refractivity contribution >= 4 is 17.3 Å². The molecule has 0 atom stereocenters. The third kappa shape index (κ3) is 2.47. The monoisotopic (exact) mass is 329 g/mol. The summed E-state index contributed by atoms with van der Waals surface area (Å²) in [6.45, 7) is 3.51. The number of carboxylic acid groups (broad SMARTS) is 1. The summed E-state index contributed by atoms with van der Waals surface area (Å²) >= 11 is 0. The molecule has 0 radical (unpaired) electrons. The van der Waals surface area contributed by atoms with Crippen LogP contribution in [0.4, 0.5) is 11.4 Å². The Kier molecular flexibility index (Phi) is 3.92. The van der Waals surface area contributed by atoms with Crippen LogP contribution in [0.1, 0.15) is 22.8 Å². The molecule has 7 nitrogen and oxygen atoms in total. The molecule has 1 aromatic carbocycles. The standard InChI is InChI=1S/C17H19N3O4/c1-3-10-14(19-16(22)13(15(10)21)17(23)24)9-4-5-12-11(8-9)18-6-7-20(12)2/h4-5,8,18H,3,6-7H2,1-2H3,(H,23,24)(H2,19,21,22). The lowest BCUT2D eigenvalue weighted by Crippen LogP contribution is -2.30. The maximum absolute atomic E-state index is 12.1. The van der Waals surface area contributed by atoms with Gasteiger partial charge in [-0.2, -0.15) is 0 Å². The summed E-state index contributed by atoms with van der Waals surface area (Å²) < 4.78 is 0. The van der Waals surface area contributed by atoms with Crippen LogP contribution in [0, 0.1) is 0 Å². The summed E-state index contributed by atoms with van der Waals surface area (Å²) in [5.41, 5.74) is 2.14. The number of H-pyrrole nitrogens is 1. The van der Waals surface area contributed by atoms with Gasteiger partial charge in [0.05, 0.1) is 17.1 Å². The number of nitrogens with one attached hydrogen (secondary N) is 2. The van der Waals surface area contributed by atoms with Crippen LogP contribution in [-0.4, -0.2) is 41.3 Å². The van der Waals surface area contributed by atoms with Crippen LogP contribution in [0.2, 0.25) is 0 Å². The molecule has 2 aromatic rings. The van der Waals surface area contributed by atoms with E-state index < -0.39 is 22.8 Å². The number of pyridine rings is 1. The summed E-state index contributed by atoms with van der Waals surface area (Å²) in [6, 6.07) is 5.69. The number of nitrogens with zero attached hydrogens (tertiary/aromatic N) is 1. The molecule has 126 valence electrons. The summed E-state index contributed by atoms with van der Waals surface area (Å²) in [6.07, 6.45) is 0.392. The zero-order valence-electron chi connectivity index (χ0n) is 13.5. The van der Waals surface area contributed by atoms with Crippen molar-refractivity contribution in [3.05, 3.63) is 39.7 Å². The molecule has 0 saturated heterocycles. The van der Waals surface area contributed by atoms with Gasteiger partial charge in [-0.05, 0) is 18.6 Å². The van der Waals surface area contributed by atoms with Gasteiger partial charge >= 0.3 is 5.97 Å². The number of benzene rings is 1. The van der Waals surface area contributed by atoms with Crippen LogP contribution in [0.25, 0.3) is 11.3 Å². The van der Waals surface area contributed by atoms with Crippen molar-refractivity contribution < 1.29 is 15.0 Å². The van der Waals surface area contributed by atoms with E-state index >= 15 is 0 Å². The Morgan fingerprint density at radius 1 is 1.38 bits per heavy atom. The zero-order chi connectivity index (χ0) is 17.4. The number of fused-ring (bicyclic) bond motifs is 1. The fraction of sp³-hybridized carbons (Fsp3) is 0.294. The largest absolute Gasteiger partial charge is 0.506 e. The van der Waals surface area contributed by atoms with Crippen molar-refractivity contribution in [2.75, 3.05) is 30.4 Å². The fourth-order valence-electron chi connectivity index (χ4n) is 3.06. The molecule has 0 unspecified atom stereocenters.